The molecule has 14 aromatic rings. The maximum atomic E-state index is 5.68. The van der Waals surface area contributed by atoms with Crippen molar-refractivity contribution in [2.24, 2.45) is 0 Å². The zero-order chi connectivity index (χ0) is 105. The summed E-state index contributed by atoms with van der Waals surface area (Å²) in [7, 11) is 22.3. The number of rotatable bonds is 32. The highest BCUT2D eigenvalue weighted by molar-refractivity contribution is 5.69. The molecule has 7 aromatic heterocycles. The van der Waals surface area contributed by atoms with Crippen LogP contribution in [0.3, 0.4) is 0 Å². The number of para-hydroxylation sites is 2. The Kier molecular flexibility index (Phi) is 34.9. The first-order chi connectivity index (χ1) is 72.1. The highest BCUT2D eigenvalue weighted by Gasteiger charge is 2.25. The summed E-state index contributed by atoms with van der Waals surface area (Å²) in [5.41, 5.74) is 46.3. The summed E-state index contributed by atoms with van der Waals surface area (Å²) in [6, 6.07) is 40.8. The number of likely N-dealkylation sites (N-methyl/N-ethyl adjacent to an activating group) is 1. The smallest absolute Gasteiger partial charge is 0.233 e. The van der Waals surface area contributed by atoms with E-state index in [2.05, 4.69) is 153 Å². The van der Waals surface area contributed by atoms with E-state index in [0.29, 0.717) is 141 Å². The van der Waals surface area contributed by atoms with Gasteiger partial charge in [-0.15, -0.1) is 0 Å². The number of anilines is 22. The summed E-state index contributed by atoms with van der Waals surface area (Å²) in [6.45, 7) is 5.85. The van der Waals surface area contributed by atoms with Gasteiger partial charge in [-0.1, -0.05) is 48.5 Å². The molecular weight excluding hydrogens is 1930 g/mol. The Morgan fingerprint density at radius 2 is 0.517 bits per heavy atom. The molecule has 782 valence electrons. The van der Waals surface area contributed by atoms with E-state index in [0.717, 1.165) is 135 Å². The quantitative estimate of drug-likeness (QED) is 0.0219. The van der Waals surface area contributed by atoms with Crippen LogP contribution in [0.5, 0.6) is 80.5 Å². The molecule has 0 saturated carbocycles. The number of fused-ring (bicyclic) bond motifs is 7. The largest absolute Gasteiger partial charge is 0.454 e. The Bertz CT molecular complexity index is 6830. The molecule has 0 unspecified atom stereocenters. The van der Waals surface area contributed by atoms with Gasteiger partial charge in [0.25, 0.3) is 0 Å². The number of nitrogens with two attached hydrogens (primary N) is 7. The number of ether oxygens (including phenoxy) is 14. The minimum Gasteiger partial charge on any atom is -0.454 e. The van der Waals surface area contributed by atoms with Gasteiger partial charge in [0, 0.05) is 129 Å². The predicted molar refractivity (Wildman–Crippen MR) is 560 cm³/mol. The normalized spacial score (nSPS) is 12.3. The van der Waals surface area contributed by atoms with Gasteiger partial charge < -0.3 is 179 Å². The van der Waals surface area contributed by atoms with Gasteiger partial charge in [-0.2, -0.15) is 105 Å². The van der Waals surface area contributed by atoms with E-state index in [1.54, 1.807) is 26.0 Å². The molecule has 0 amide bonds. The van der Waals surface area contributed by atoms with Crippen molar-refractivity contribution in [3.8, 4) is 80.5 Å². The lowest BCUT2D eigenvalue weighted by atomic mass is 10.1. The van der Waals surface area contributed by atoms with Crippen LogP contribution in [0.4, 0.5) is 131 Å². The van der Waals surface area contributed by atoms with E-state index in [1.165, 1.54) is 5.56 Å². The Morgan fingerprint density at radius 1 is 0.242 bits per heavy atom. The second-order valence-electron chi connectivity index (χ2n) is 33.1. The number of hydrogen-bond acceptors (Lipinski definition) is 56. The fourth-order valence-electron chi connectivity index (χ4n) is 14.1. The van der Waals surface area contributed by atoms with Crippen LogP contribution in [0.15, 0.2) is 127 Å². The lowest BCUT2D eigenvalue weighted by molar-refractivity contribution is 0.173. The third-order valence-corrected chi connectivity index (χ3v) is 21.4. The maximum absolute atomic E-state index is 5.68. The van der Waals surface area contributed by atoms with Crippen molar-refractivity contribution in [3.63, 3.8) is 0 Å². The van der Waals surface area contributed by atoms with Crippen molar-refractivity contribution in [2.75, 3.05) is 277 Å². The van der Waals surface area contributed by atoms with Crippen LogP contribution < -0.4 is 179 Å². The third-order valence-electron chi connectivity index (χ3n) is 21.4. The van der Waals surface area contributed by atoms with E-state index in [9.17, 15) is 0 Å². The van der Waals surface area contributed by atoms with Crippen LogP contribution in [0.2, 0.25) is 0 Å². The first kappa shape index (κ1) is 104. The molecule has 21 rings (SSSR count). The van der Waals surface area contributed by atoms with Gasteiger partial charge >= 0.3 is 0 Å². The molecule has 0 spiro atoms. The van der Waals surface area contributed by atoms with Gasteiger partial charge in [0.2, 0.25) is 172 Å². The van der Waals surface area contributed by atoms with Crippen LogP contribution in [-0.4, -0.2) is 270 Å². The minimum absolute atomic E-state index is 0.0507. The monoisotopic (exact) mass is 2040 g/mol. The van der Waals surface area contributed by atoms with Crippen LogP contribution in [0, 0.1) is 0 Å². The minimum atomic E-state index is 0.0507. The highest BCUT2D eigenvalue weighted by Crippen LogP contribution is 2.42. The van der Waals surface area contributed by atoms with E-state index < -0.39 is 0 Å². The lowest BCUT2D eigenvalue weighted by Gasteiger charge is -2.17. The number of aromatic nitrogens is 21. The van der Waals surface area contributed by atoms with E-state index in [4.69, 9.17) is 106 Å². The number of nitrogens with zero attached hydrogens (tertiary/aromatic N) is 26. The van der Waals surface area contributed by atoms with Crippen molar-refractivity contribution in [3.05, 3.63) is 161 Å². The zero-order valence-electron chi connectivity index (χ0n) is 83.7. The fraction of sp³-hybridized carbons (Fsp3) is 0.323. The fourth-order valence-corrected chi connectivity index (χ4v) is 14.1. The molecule has 0 aliphatic carbocycles. The zero-order valence-corrected chi connectivity index (χ0v) is 83.7. The van der Waals surface area contributed by atoms with E-state index in [1.807, 2.05) is 210 Å². The van der Waals surface area contributed by atoms with Crippen molar-refractivity contribution in [1.29, 1.82) is 0 Å². The lowest BCUT2D eigenvalue weighted by Crippen LogP contribution is -2.23. The number of benzene rings is 7. The summed E-state index contributed by atoms with van der Waals surface area (Å²) in [4.78, 5) is 95.6. The SMILES string of the molecule is CN(C)c1nc(N)nc(NCCc2ccc3c(c2)OCO3)n1.CN(C)c1nc(NCCc2ccc3c(c2)OCO3)nc(N(C)C)n1.CNc1nc(N)nc(N(C)CCc2ccc3c(c2)OCO3)n1.CNc1nc(N)nc(NCCc2ccc3c(c2)OCO3)n1.CNc1nc(NCCc2ccc3c(c2)OCO3)nc(N(C)C)n1.Nc1nc(N)nc(NCc2cccc3c2OCO3)n1.Nc1nc(N)nc(Nc2cccc3c2OCO3)n1. The molecule has 149 heavy (non-hydrogen) atoms. The average molecular weight is 2050 g/mol. The number of hydrogen-bond donors (Lipinski definition) is 16. The first-order valence-electron chi connectivity index (χ1n) is 46.3. The summed E-state index contributed by atoms with van der Waals surface area (Å²) < 4.78 is 74.7. The molecule has 7 aliphatic heterocycles. The predicted octanol–water partition coefficient (Wildman–Crippen LogP) is 6.32. The van der Waals surface area contributed by atoms with Crippen LogP contribution in [0.1, 0.15) is 33.4 Å². The Morgan fingerprint density at radius 3 is 0.926 bits per heavy atom. The number of nitrogens with one attached hydrogen (secondary N) is 9. The average Bonchev–Trinajstić information content (AvgIpc) is 1.66. The summed E-state index contributed by atoms with van der Waals surface area (Å²) in [5.74, 6) is 18.5. The van der Waals surface area contributed by atoms with Gasteiger partial charge in [0.15, 0.2) is 80.5 Å². The van der Waals surface area contributed by atoms with Crippen LogP contribution in [0.25, 0.3) is 0 Å². The van der Waals surface area contributed by atoms with Crippen LogP contribution in [-0.2, 0) is 38.6 Å². The van der Waals surface area contributed by atoms with Crippen LogP contribution >= 0.6 is 0 Å². The van der Waals surface area contributed by atoms with Gasteiger partial charge in [0.05, 0.1) is 5.69 Å². The third kappa shape index (κ3) is 29.7. The molecule has 23 N–H and O–H groups in total. The molecule has 56 nitrogen and oxygen atoms in total. The standard InChI is InChI=1S/C16H22N6O2.C15H20N6O2.2C14H18N6O2.C13H16N6O2.C11H12N6O2.C10H10N6O2/c1-21(2)15-18-14(19-16(20-15)22(3)4)17-8-7-11-5-6-12-13(9-11)24-10-23-12;1-16-13-18-14(20-15(19-13)21(2)3)17-7-6-10-4-5-11-12(8-10)23-9-22-11;1-20(2)14-18-12(15)17-13(19-14)16-6-5-9-3-4-10-11(7-9)22-8-21-10;1-16-13-17-12(15)18-14(19-13)20(2)6-5-9-3-4-10-11(7-9)22-8-21-10;1-15-12-17-11(14)18-13(19-12)16-5-4-8-2-3-9-10(6-8)21-7-20-9;12-9-15-10(13)17-11(16-9)14-4-6-2-1-3-7-8(6)19-5-18-7;11-8-14-9(12)16-10(15-8)13-5-2-1-3-6-7(5)18-4-17-6/h5-6,9H,7-8,10H2,1-4H3,(H,17,18,19,20);4-5,8H,6-7,9H2,1-3H3,(H2,16,17,18,19,20);2*3-4,7H,5-6,8H2,1-2H3,(H3,15,16,17,18,19);2-3,6H,4-5,7H2,1H3,(H4,14,15,16,17,18,19);1-3H,4-5H2,(H5,12,13,14,15,16,17);1-3H,4H2,(H5,11,12,13,14,15,16). The van der Waals surface area contributed by atoms with E-state index in [-0.39, 0.29) is 81.6 Å². The van der Waals surface area contributed by atoms with Crippen molar-refractivity contribution < 1.29 is 66.3 Å². The Hall–Kier alpha value is -19.4. The molecule has 0 atom stereocenters. The molecule has 56 heteroatoms. The molecule has 7 aliphatic rings. The molecule has 14 heterocycles. The van der Waals surface area contributed by atoms with Gasteiger partial charge in [-0.05, 0) is 139 Å². The second-order valence-corrected chi connectivity index (χ2v) is 33.1. The molecule has 0 saturated heterocycles. The summed E-state index contributed by atoms with van der Waals surface area (Å²) in [5, 5.41) is 27.4. The Labute approximate surface area is 854 Å². The molecule has 0 fully saturated rings. The first-order valence-corrected chi connectivity index (χ1v) is 46.3. The highest BCUT2D eigenvalue weighted by atomic mass is 16.7. The van der Waals surface area contributed by atoms with Crippen molar-refractivity contribution in [1.82, 2.24) is 105 Å². The number of nitrogen functional groups attached to an aromatic ring is 7. The maximum Gasteiger partial charge on any atom is 0.233 e. The topological polar surface area (TPSA) is 707 Å². The van der Waals surface area contributed by atoms with Gasteiger partial charge in [-0.3, -0.25) is 0 Å². The van der Waals surface area contributed by atoms with E-state index >= 15 is 0 Å². The molecular formula is C93H116N42O14. The molecule has 7 aromatic carbocycles. The second kappa shape index (κ2) is 50.0. The van der Waals surface area contributed by atoms with Gasteiger partial charge in [0.1, 0.15) is 0 Å². The molecule has 0 bridgehead atoms. The van der Waals surface area contributed by atoms with Crippen molar-refractivity contribution >= 4 is 131 Å². The molecule has 0 radical (unpaired) electrons. The van der Waals surface area contributed by atoms with Gasteiger partial charge in [-0.25, -0.2) is 0 Å². The summed E-state index contributed by atoms with van der Waals surface area (Å²) >= 11 is 0. The summed E-state index contributed by atoms with van der Waals surface area (Å²) in [6.07, 6.45) is 4.09. The van der Waals surface area contributed by atoms with Crippen molar-refractivity contribution in [2.45, 2.75) is 38.6 Å². The Balaban J connectivity index is 0.000000130.